The monoisotopic (exact) mass is 318 g/mol. The summed E-state index contributed by atoms with van der Waals surface area (Å²) in [6, 6.07) is 4.97. The molecule has 1 unspecified atom stereocenters. The largest absolute Gasteiger partial charge is 0.325 e. The first-order valence-electron chi connectivity index (χ1n) is 7.25. The minimum Gasteiger partial charge on any atom is -0.322 e. The van der Waals surface area contributed by atoms with Gasteiger partial charge in [0.15, 0.2) is 5.78 Å². The van der Waals surface area contributed by atoms with Gasteiger partial charge < -0.3 is 5.32 Å². The Bertz CT molecular complexity index is 665. The maximum Gasteiger partial charge on any atom is 0.325 e. The number of nitrogens with zero attached hydrogens (tertiary/aromatic N) is 1. The van der Waals surface area contributed by atoms with Crippen molar-refractivity contribution in [2.24, 2.45) is 0 Å². The highest BCUT2D eigenvalue weighted by molar-refractivity contribution is 7.99. The summed E-state index contributed by atoms with van der Waals surface area (Å²) in [5.41, 5.74) is 1.87. The third kappa shape index (κ3) is 2.41. The number of amides is 3. The zero-order valence-electron chi connectivity index (χ0n) is 12.6. The molecule has 1 aromatic rings. The highest BCUT2D eigenvalue weighted by atomic mass is 32.2. The summed E-state index contributed by atoms with van der Waals surface area (Å²) in [6.45, 7) is 3.71. The van der Waals surface area contributed by atoms with E-state index in [4.69, 9.17) is 0 Å². The van der Waals surface area contributed by atoms with Gasteiger partial charge in [-0.25, -0.2) is 4.79 Å². The van der Waals surface area contributed by atoms with Crippen LogP contribution in [0.3, 0.4) is 0 Å². The van der Waals surface area contributed by atoms with Gasteiger partial charge in [0.1, 0.15) is 5.54 Å². The molecule has 3 amide bonds. The number of carbonyl (C=O) groups is 3. The lowest BCUT2D eigenvalue weighted by Crippen LogP contribution is -2.47. The lowest BCUT2D eigenvalue weighted by atomic mass is 9.99. The summed E-state index contributed by atoms with van der Waals surface area (Å²) in [4.78, 5) is 38.0. The molecule has 0 bridgehead atoms. The van der Waals surface area contributed by atoms with Crippen molar-refractivity contribution in [1.82, 2.24) is 10.2 Å². The predicted octanol–water partition coefficient (Wildman–Crippen LogP) is 1.91. The number of hydrogen-bond donors (Lipinski definition) is 1. The molecule has 0 aromatic heterocycles. The van der Waals surface area contributed by atoms with Gasteiger partial charge in [0.2, 0.25) is 0 Å². The Morgan fingerprint density at radius 1 is 1.32 bits per heavy atom. The van der Waals surface area contributed by atoms with Crippen LogP contribution in [0.15, 0.2) is 18.2 Å². The van der Waals surface area contributed by atoms with Gasteiger partial charge in [0, 0.05) is 11.3 Å². The molecule has 0 saturated carbocycles. The van der Waals surface area contributed by atoms with Gasteiger partial charge in [-0.3, -0.25) is 14.5 Å². The number of benzene rings is 1. The first-order valence-corrected chi connectivity index (χ1v) is 8.41. The van der Waals surface area contributed by atoms with Gasteiger partial charge in [0.05, 0.1) is 6.54 Å². The Morgan fingerprint density at radius 3 is 2.73 bits per heavy atom. The van der Waals surface area contributed by atoms with Crippen LogP contribution in [0.4, 0.5) is 4.79 Å². The molecular weight excluding hydrogens is 300 g/mol. The molecule has 2 aliphatic heterocycles. The van der Waals surface area contributed by atoms with E-state index in [1.54, 1.807) is 23.9 Å². The molecule has 22 heavy (non-hydrogen) atoms. The molecule has 1 atom stereocenters. The van der Waals surface area contributed by atoms with Crippen LogP contribution in [0, 0.1) is 13.8 Å². The number of carbonyl (C=O) groups excluding carboxylic acids is 3. The number of thioether (sulfide) groups is 1. The van der Waals surface area contributed by atoms with E-state index in [1.165, 1.54) is 0 Å². The number of nitrogens with one attached hydrogen (secondary N) is 1. The van der Waals surface area contributed by atoms with Crippen molar-refractivity contribution >= 4 is 29.5 Å². The SMILES string of the molecule is Cc1ccc(C(=O)CN2C(=O)NC3(CCSC3)C2=O)cc1C. The number of rotatable bonds is 3. The molecule has 6 heteroatoms. The molecule has 0 radical (unpaired) electrons. The van der Waals surface area contributed by atoms with Crippen LogP contribution < -0.4 is 5.32 Å². The van der Waals surface area contributed by atoms with E-state index in [1.807, 2.05) is 19.9 Å². The van der Waals surface area contributed by atoms with Crippen LogP contribution in [-0.2, 0) is 4.79 Å². The van der Waals surface area contributed by atoms with Crippen molar-refractivity contribution in [2.75, 3.05) is 18.1 Å². The fourth-order valence-corrected chi connectivity index (χ4v) is 4.13. The van der Waals surface area contributed by atoms with Crippen molar-refractivity contribution < 1.29 is 14.4 Å². The number of hydrogen-bond acceptors (Lipinski definition) is 4. The maximum atomic E-state index is 12.5. The van der Waals surface area contributed by atoms with Gasteiger partial charge >= 0.3 is 6.03 Å². The topological polar surface area (TPSA) is 66.5 Å². The van der Waals surface area contributed by atoms with E-state index in [0.29, 0.717) is 17.7 Å². The van der Waals surface area contributed by atoms with Crippen molar-refractivity contribution in [3.63, 3.8) is 0 Å². The number of Topliss-reactive ketones (excluding diaryl/α,β-unsaturated/α-hetero) is 1. The van der Waals surface area contributed by atoms with E-state index in [9.17, 15) is 14.4 Å². The van der Waals surface area contributed by atoms with Crippen LogP contribution in [0.1, 0.15) is 27.9 Å². The molecule has 1 spiro atoms. The fourth-order valence-electron chi connectivity index (χ4n) is 2.80. The zero-order valence-corrected chi connectivity index (χ0v) is 13.5. The van der Waals surface area contributed by atoms with Gasteiger partial charge in [-0.15, -0.1) is 0 Å². The molecule has 2 heterocycles. The smallest absolute Gasteiger partial charge is 0.322 e. The molecule has 2 saturated heterocycles. The molecule has 0 aliphatic carbocycles. The third-order valence-corrected chi connectivity index (χ3v) is 5.59. The molecule has 1 aromatic carbocycles. The number of aryl methyl sites for hydroxylation is 2. The second-order valence-corrected chi connectivity index (χ2v) is 7.03. The van der Waals surface area contributed by atoms with Crippen LogP contribution in [0.2, 0.25) is 0 Å². The molecule has 2 aliphatic rings. The summed E-state index contributed by atoms with van der Waals surface area (Å²) in [5, 5.41) is 2.77. The highest BCUT2D eigenvalue weighted by Crippen LogP contribution is 2.33. The number of ketones is 1. The van der Waals surface area contributed by atoms with Crippen LogP contribution in [0.5, 0.6) is 0 Å². The van der Waals surface area contributed by atoms with Crippen molar-refractivity contribution in [1.29, 1.82) is 0 Å². The fraction of sp³-hybridized carbons (Fsp3) is 0.438. The summed E-state index contributed by atoms with van der Waals surface area (Å²) >= 11 is 1.65. The van der Waals surface area contributed by atoms with Gasteiger partial charge in [-0.2, -0.15) is 11.8 Å². The first kappa shape index (κ1) is 15.1. The Balaban J connectivity index is 1.77. The molecule has 5 nitrogen and oxygen atoms in total. The second-order valence-electron chi connectivity index (χ2n) is 5.93. The van der Waals surface area contributed by atoms with Crippen LogP contribution in [0.25, 0.3) is 0 Å². The second kappa shape index (κ2) is 5.43. The summed E-state index contributed by atoms with van der Waals surface area (Å²) in [6.07, 6.45) is 0.635. The van der Waals surface area contributed by atoms with Crippen LogP contribution in [-0.4, -0.2) is 46.2 Å². The average molecular weight is 318 g/mol. The van der Waals surface area contributed by atoms with Crippen LogP contribution >= 0.6 is 11.8 Å². The third-order valence-electron chi connectivity index (χ3n) is 4.40. The summed E-state index contributed by atoms with van der Waals surface area (Å²) < 4.78 is 0. The van der Waals surface area contributed by atoms with E-state index in [0.717, 1.165) is 21.8 Å². The lowest BCUT2D eigenvalue weighted by Gasteiger charge is -2.19. The molecule has 3 rings (SSSR count). The predicted molar refractivity (Wildman–Crippen MR) is 85.2 cm³/mol. The zero-order chi connectivity index (χ0) is 15.9. The maximum absolute atomic E-state index is 12.5. The van der Waals surface area contributed by atoms with E-state index < -0.39 is 11.6 Å². The van der Waals surface area contributed by atoms with Gasteiger partial charge in [-0.05, 0) is 43.2 Å². The highest BCUT2D eigenvalue weighted by Gasteiger charge is 2.53. The molecule has 2 fully saturated rings. The summed E-state index contributed by atoms with van der Waals surface area (Å²) in [7, 11) is 0. The molecular formula is C16H18N2O3S. The Morgan fingerprint density at radius 2 is 2.09 bits per heavy atom. The van der Waals surface area contributed by atoms with Gasteiger partial charge in [-0.1, -0.05) is 12.1 Å². The van der Waals surface area contributed by atoms with Crippen molar-refractivity contribution in [3.8, 4) is 0 Å². The van der Waals surface area contributed by atoms with Crippen molar-refractivity contribution in [3.05, 3.63) is 34.9 Å². The number of imide groups is 1. The Hall–Kier alpha value is -1.82. The van der Waals surface area contributed by atoms with E-state index >= 15 is 0 Å². The Kier molecular flexibility index (Phi) is 3.72. The summed E-state index contributed by atoms with van der Waals surface area (Å²) in [5.74, 6) is 0.964. The van der Waals surface area contributed by atoms with E-state index in [2.05, 4.69) is 5.32 Å². The minimum atomic E-state index is -0.786. The number of urea groups is 1. The van der Waals surface area contributed by atoms with E-state index in [-0.39, 0.29) is 18.2 Å². The quantitative estimate of drug-likeness (QED) is 0.683. The van der Waals surface area contributed by atoms with Crippen molar-refractivity contribution in [2.45, 2.75) is 25.8 Å². The standard InChI is InChI=1S/C16H18N2O3S/c1-10-3-4-12(7-11(10)2)13(19)8-18-14(20)16(17-15(18)21)5-6-22-9-16/h3-4,7H,5-6,8-9H2,1-2H3,(H,17,21). The molecule has 1 N–H and O–H groups in total. The van der Waals surface area contributed by atoms with Gasteiger partial charge in [0.25, 0.3) is 5.91 Å². The normalized spacial score (nSPS) is 24.2. The average Bonchev–Trinajstić information content (AvgIpc) is 3.03. The lowest BCUT2D eigenvalue weighted by molar-refractivity contribution is -0.130. The minimum absolute atomic E-state index is 0.195. The molecule has 116 valence electrons. The first-order chi connectivity index (χ1) is 10.4. The Labute approximate surface area is 133 Å².